The molecule has 0 aromatic rings. The molecule has 7 heteroatoms. The highest BCUT2D eigenvalue weighted by atomic mass is 16.6. The molecule has 0 radical (unpaired) electrons. The van der Waals surface area contributed by atoms with Crippen molar-refractivity contribution in [3.8, 4) is 0 Å². The van der Waals surface area contributed by atoms with Crippen LogP contribution in [0.15, 0.2) is 0 Å². The Labute approximate surface area is 143 Å². The molecule has 0 aromatic carbocycles. The molecule has 0 bridgehead atoms. The minimum Gasteiger partial charge on any atom is -0.469 e. The van der Waals surface area contributed by atoms with Crippen molar-refractivity contribution in [1.29, 1.82) is 0 Å². The SMILES string of the molecule is CCC[C@H](NC(=O)[C@@H]1C[C@H](O)C[C@H]1C(=O)OC)C(=O)OC(C)(C)C. The number of hydrogen-bond donors (Lipinski definition) is 2. The fourth-order valence-electron chi connectivity index (χ4n) is 2.90. The molecule has 0 aliphatic heterocycles. The molecule has 0 unspecified atom stereocenters. The molecular formula is C17H29NO6. The van der Waals surface area contributed by atoms with Gasteiger partial charge in [-0.15, -0.1) is 0 Å². The van der Waals surface area contributed by atoms with Gasteiger partial charge in [0.25, 0.3) is 0 Å². The van der Waals surface area contributed by atoms with Crippen molar-refractivity contribution in [3.05, 3.63) is 0 Å². The van der Waals surface area contributed by atoms with Crippen LogP contribution >= 0.6 is 0 Å². The topological polar surface area (TPSA) is 102 Å². The molecule has 138 valence electrons. The number of carbonyl (C=O) groups excluding carboxylic acids is 3. The van der Waals surface area contributed by atoms with Gasteiger partial charge in [0.1, 0.15) is 11.6 Å². The quantitative estimate of drug-likeness (QED) is 0.702. The average molecular weight is 343 g/mol. The fourth-order valence-corrected chi connectivity index (χ4v) is 2.90. The predicted octanol–water partition coefficient (Wildman–Crippen LogP) is 1.17. The van der Waals surface area contributed by atoms with Crippen molar-refractivity contribution in [2.24, 2.45) is 11.8 Å². The Morgan fingerprint density at radius 3 is 2.29 bits per heavy atom. The molecule has 1 rings (SSSR count). The maximum Gasteiger partial charge on any atom is 0.329 e. The summed E-state index contributed by atoms with van der Waals surface area (Å²) in [6.45, 7) is 7.18. The van der Waals surface area contributed by atoms with Crippen molar-refractivity contribution in [2.45, 2.75) is 71.1 Å². The molecular weight excluding hydrogens is 314 g/mol. The summed E-state index contributed by atoms with van der Waals surface area (Å²) in [4.78, 5) is 36.6. The standard InChI is InChI=1S/C17H29NO6/c1-6-7-13(16(22)24-17(2,3)4)18-14(20)11-8-10(19)9-12(11)15(21)23-5/h10-13,19H,6-9H2,1-5H3,(H,18,20)/t10-,11+,12+,13-/m0/s1. The van der Waals surface area contributed by atoms with Crippen molar-refractivity contribution >= 4 is 17.8 Å². The number of esters is 2. The summed E-state index contributed by atoms with van der Waals surface area (Å²) in [6, 6.07) is -0.766. The van der Waals surface area contributed by atoms with Crippen molar-refractivity contribution in [2.75, 3.05) is 7.11 Å². The fraction of sp³-hybridized carbons (Fsp3) is 0.824. The number of ether oxygens (including phenoxy) is 2. The Hall–Kier alpha value is -1.63. The van der Waals surface area contributed by atoms with Crippen LogP contribution in [0, 0.1) is 11.8 Å². The van der Waals surface area contributed by atoms with E-state index in [9.17, 15) is 19.5 Å². The van der Waals surface area contributed by atoms with E-state index in [-0.39, 0.29) is 12.8 Å². The van der Waals surface area contributed by atoms with Crippen LogP contribution in [0.5, 0.6) is 0 Å². The molecule has 0 spiro atoms. The van der Waals surface area contributed by atoms with Gasteiger partial charge in [0.15, 0.2) is 0 Å². The first kappa shape index (κ1) is 20.4. The molecule has 4 atom stereocenters. The predicted molar refractivity (Wildman–Crippen MR) is 86.9 cm³/mol. The van der Waals surface area contributed by atoms with Crippen LogP contribution in [0.25, 0.3) is 0 Å². The Bertz CT molecular complexity index is 470. The first-order valence-electron chi connectivity index (χ1n) is 8.38. The van der Waals surface area contributed by atoms with Gasteiger partial charge in [0.2, 0.25) is 5.91 Å². The number of aliphatic hydroxyl groups is 1. The molecule has 2 N–H and O–H groups in total. The Morgan fingerprint density at radius 1 is 1.21 bits per heavy atom. The molecule has 0 aromatic heterocycles. The molecule has 1 aliphatic carbocycles. The van der Waals surface area contributed by atoms with E-state index in [0.717, 1.165) is 0 Å². The van der Waals surface area contributed by atoms with E-state index in [1.165, 1.54) is 7.11 Å². The molecule has 1 aliphatic rings. The van der Waals surface area contributed by atoms with Crippen molar-refractivity contribution < 1.29 is 29.0 Å². The number of methoxy groups -OCH3 is 1. The second-order valence-corrected chi connectivity index (χ2v) is 7.24. The number of amides is 1. The smallest absolute Gasteiger partial charge is 0.329 e. The van der Waals surface area contributed by atoms with Crippen molar-refractivity contribution in [1.82, 2.24) is 5.32 Å². The second-order valence-electron chi connectivity index (χ2n) is 7.24. The number of carbonyl (C=O) groups is 3. The van der Waals surface area contributed by atoms with E-state index >= 15 is 0 Å². The molecule has 24 heavy (non-hydrogen) atoms. The van der Waals surface area contributed by atoms with Gasteiger partial charge in [-0.1, -0.05) is 13.3 Å². The molecule has 0 heterocycles. The summed E-state index contributed by atoms with van der Waals surface area (Å²) < 4.78 is 10.0. The summed E-state index contributed by atoms with van der Waals surface area (Å²) in [5.74, 6) is -2.83. The number of nitrogens with one attached hydrogen (secondary N) is 1. The van der Waals surface area contributed by atoms with E-state index in [4.69, 9.17) is 9.47 Å². The molecule has 1 amide bonds. The molecule has 1 saturated carbocycles. The normalized spacial score (nSPS) is 25.0. The lowest BCUT2D eigenvalue weighted by atomic mass is 9.94. The van der Waals surface area contributed by atoms with Crippen LogP contribution in [-0.4, -0.2) is 47.8 Å². The largest absolute Gasteiger partial charge is 0.469 e. The number of hydrogen-bond acceptors (Lipinski definition) is 6. The van der Waals surface area contributed by atoms with Crippen LogP contribution in [0.1, 0.15) is 53.4 Å². The lowest BCUT2D eigenvalue weighted by Gasteiger charge is -2.26. The van der Waals surface area contributed by atoms with E-state index in [2.05, 4.69) is 5.32 Å². The molecule has 7 nitrogen and oxygen atoms in total. The van der Waals surface area contributed by atoms with Crippen LogP contribution in [0.3, 0.4) is 0 Å². The Morgan fingerprint density at radius 2 is 1.79 bits per heavy atom. The molecule has 0 saturated heterocycles. The Kier molecular flexibility index (Phi) is 7.20. The second kappa shape index (κ2) is 8.46. The van der Waals surface area contributed by atoms with Gasteiger partial charge < -0.3 is 19.9 Å². The summed E-state index contributed by atoms with van der Waals surface area (Å²) in [6.07, 6.45) is 0.779. The highest BCUT2D eigenvalue weighted by molar-refractivity contribution is 5.89. The van der Waals surface area contributed by atoms with Gasteiger partial charge in [-0.05, 0) is 40.0 Å². The van der Waals surface area contributed by atoms with Gasteiger partial charge >= 0.3 is 11.9 Å². The highest BCUT2D eigenvalue weighted by Crippen LogP contribution is 2.33. The van der Waals surface area contributed by atoms with E-state index < -0.39 is 47.4 Å². The third-order valence-corrected chi connectivity index (χ3v) is 3.96. The lowest BCUT2D eigenvalue weighted by molar-refractivity contribution is -0.159. The maximum atomic E-state index is 12.5. The monoisotopic (exact) mass is 343 g/mol. The number of aliphatic hydroxyl groups excluding tert-OH is 1. The highest BCUT2D eigenvalue weighted by Gasteiger charge is 2.43. The van der Waals surface area contributed by atoms with Crippen LogP contribution < -0.4 is 5.32 Å². The van der Waals surface area contributed by atoms with Crippen LogP contribution in [0.2, 0.25) is 0 Å². The summed E-state index contributed by atoms with van der Waals surface area (Å²) in [5.41, 5.74) is -0.647. The van der Waals surface area contributed by atoms with Gasteiger partial charge in [0, 0.05) is 0 Å². The van der Waals surface area contributed by atoms with E-state index in [1.807, 2.05) is 6.92 Å². The number of rotatable bonds is 6. The molecule has 1 fully saturated rings. The first-order chi connectivity index (χ1) is 11.1. The van der Waals surface area contributed by atoms with E-state index in [0.29, 0.717) is 12.8 Å². The van der Waals surface area contributed by atoms with Gasteiger partial charge in [0.05, 0.1) is 25.0 Å². The van der Waals surface area contributed by atoms with Crippen LogP contribution in [-0.2, 0) is 23.9 Å². The van der Waals surface area contributed by atoms with Crippen LogP contribution in [0.4, 0.5) is 0 Å². The zero-order valence-corrected chi connectivity index (χ0v) is 15.1. The minimum atomic E-state index is -0.766. The first-order valence-corrected chi connectivity index (χ1v) is 8.38. The maximum absolute atomic E-state index is 12.5. The Balaban J connectivity index is 2.80. The van der Waals surface area contributed by atoms with E-state index in [1.54, 1.807) is 20.8 Å². The summed E-state index contributed by atoms with van der Waals surface area (Å²) in [7, 11) is 1.25. The van der Waals surface area contributed by atoms with Crippen molar-refractivity contribution in [3.63, 3.8) is 0 Å². The van der Waals surface area contributed by atoms with Gasteiger partial charge in [-0.3, -0.25) is 9.59 Å². The van der Waals surface area contributed by atoms with Gasteiger partial charge in [-0.2, -0.15) is 0 Å². The summed E-state index contributed by atoms with van der Waals surface area (Å²) in [5, 5.41) is 12.5. The zero-order valence-electron chi connectivity index (χ0n) is 15.1. The minimum absolute atomic E-state index is 0.179. The third kappa shape index (κ3) is 5.78. The zero-order chi connectivity index (χ0) is 18.5. The third-order valence-electron chi connectivity index (χ3n) is 3.96. The summed E-state index contributed by atoms with van der Waals surface area (Å²) >= 11 is 0. The van der Waals surface area contributed by atoms with Gasteiger partial charge in [-0.25, -0.2) is 4.79 Å². The average Bonchev–Trinajstić information content (AvgIpc) is 2.86. The lowest BCUT2D eigenvalue weighted by Crippen LogP contribution is -2.47.